The fourth-order valence-electron chi connectivity index (χ4n) is 3.12. The van der Waals surface area contributed by atoms with Crippen molar-refractivity contribution >= 4 is 17.8 Å². The van der Waals surface area contributed by atoms with Gasteiger partial charge in [0.25, 0.3) is 0 Å². The highest BCUT2D eigenvalue weighted by atomic mass is 16.4. The topological polar surface area (TPSA) is 86.7 Å². The second-order valence-electron chi connectivity index (χ2n) is 6.80. The van der Waals surface area contributed by atoms with E-state index >= 15 is 0 Å². The zero-order chi connectivity index (χ0) is 19.4. The van der Waals surface area contributed by atoms with Crippen LogP contribution >= 0.6 is 0 Å². The third-order valence-electron chi connectivity index (χ3n) is 4.92. The number of aromatic carboxylic acids is 1. The van der Waals surface area contributed by atoms with Crippen molar-refractivity contribution in [2.45, 2.75) is 19.4 Å². The smallest absolute Gasteiger partial charge is 0.335 e. The fourth-order valence-corrected chi connectivity index (χ4v) is 3.12. The van der Waals surface area contributed by atoms with Gasteiger partial charge in [-0.2, -0.15) is 0 Å². The second-order valence-corrected chi connectivity index (χ2v) is 6.80. The number of hydrogen-bond acceptors (Lipinski definition) is 3. The van der Waals surface area contributed by atoms with Gasteiger partial charge in [0.05, 0.1) is 5.56 Å². The van der Waals surface area contributed by atoms with Crippen LogP contribution in [0.25, 0.3) is 11.1 Å². The van der Waals surface area contributed by atoms with Gasteiger partial charge in [0.15, 0.2) is 0 Å². The lowest BCUT2D eigenvalue weighted by Gasteiger charge is -2.27. The van der Waals surface area contributed by atoms with Gasteiger partial charge in [0.1, 0.15) is 0 Å². The van der Waals surface area contributed by atoms with Crippen LogP contribution in [0.1, 0.15) is 28.8 Å². The molecule has 1 heterocycles. The highest BCUT2D eigenvalue weighted by Gasteiger charge is 2.28. The number of rotatable bonds is 5. The second kappa shape index (κ2) is 8.03. The van der Waals surface area contributed by atoms with Gasteiger partial charge in [0, 0.05) is 32.5 Å². The zero-order valence-electron chi connectivity index (χ0n) is 15.1. The lowest BCUT2D eigenvalue weighted by Crippen LogP contribution is -2.41. The number of carbonyl (C=O) groups excluding carboxylic acids is 2. The highest BCUT2D eigenvalue weighted by Crippen LogP contribution is 2.21. The summed E-state index contributed by atoms with van der Waals surface area (Å²) in [7, 11) is 1.76. The Morgan fingerprint density at radius 3 is 2.22 bits per heavy atom. The monoisotopic (exact) mass is 366 g/mol. The molecule has 1 aliphatic rings. The summed E-state index contributed by atoms with van der Waals surface area (Å²) in [6.45, 7) is 1.03. The van der Waals surface area contributed by atoms with Gasteiger partial charge in [0.2, 0.25) is 11.8 Å². The standard InChI is InChI=1S/C21H22N2O4/c1-23-11-10-18(12-19(23)24)20(25)22-13-14-2-4-15(5-3-14)16-6-8-17(9-7-16)21(26)27/h2-9,18H,10-13H2,1H3,(H,22,25)(H,26,27). The molecule has 1 atom stereocenters. The number of piperidine rings is 1. The minimum absolute atomic E-state index is 0.0136. The SMILES string of the molecule is CN1CCC(C(=O)NCc2ccc(-c3ccc(C(=O)O)cc3)cc2)CC1=O. The Balaban J connectivity index is 1.57. The van der Waals surface area contributed by atoms with Gasteiger partial charge >= 0.3 is 5.97 Å². The molecule has 2 aromatic rings. The van der Waals surface area contributed by atoms with Gasteiger partial charge in [-0.1, -0.05) is 36.4 Å². The van der Waals surface area contributed by atoms with E-state index < -0.39 is 5.97 Å². The van der Waals surface area contributed by atoms with E-state index in [1.54, 1.807) is 36.2 Å². The van der Waals surface area contributed by atoms with Crippen LogP contribution in [0, 0.1) is 5.92 Å². The normalized spacial score (nSPS) is 16.9. The Bertz CT molecular complexity index is 843. The van der Waals surface area contributed by atoms with Gasteiger partial charge in [-0.25, -0.2) is 4.79 Å². The minimum Gasteiger partial charge on any atom is -0.478 e. The van der Waals surface area contributed by atoms with Crippen molar-refractivity contribution in [2.24, 2.45) is 5.92 Å². The molecule has 140 valence electrons. The maximum atomic E-state index is 12.3. The third kappa shape index (κ3) is 4.53. The molecule has 2 amide bonds. The van der Waals surface area contributed by atoms with Crippen molar-refractivity contribution in [1.29, 1.82) is 0 Å². The summed E-state index contributed by atoms with van der Waals surface area (Å²) in [5.41, 5.74) is 3.13. The lowest BCUT2D eigenvalue weighted by atomic mass is 9.95. The average Bonchev–Trinajstić information content (AvgIpc) is 2.68. The van der Waals surface area contributed by atoms with Crippen LogP contribution in [0.15, 0.2) is 48.5 Å². The molecule has 0 bridgehead atoms. The molecule has 1 fully saturated rings. The number of nitrogens with zero attached hydrogens (tertiary/aromatic N) is 1. The Morgan fingerprint density at radius 2 is 1.67 bits per heavy atom. The van der Waals surface area contributed by atoms with Gasteiger partial charge in [-0.3, -0.25) is 9.59 Å². The maximum Gasteiger partial charge on any atom is 0.335 e. The van der Waals surface area contributed by atoms with Crippen molar-refractivity contribution in [3.8, 4) is 11.1 Å². The molecular weight excluding hydrogens is 344 g/mol. The van der Waals surface area contributed by atoms with Crippen LogP contribution < -0.4 is 5.32 Å². The van der Waals surface area contributed by atoms with E-state index in [9.17, 15) is 14.4 Å². The largest absolute Gasteiger partial charge is 0.478 e. The number of likely N-dealkylation sites (tertiary alicyclic amines) is 1. The first-order chi connectivity index (χ1) is 12.9. The van der Waals surface area contributed by atoms with E-state index in [0.29, 0.717) is 19.5 Å². The Morgan fingerprint density at radius 1 is 1.07 bits per heavy atom. The first kappa shape index (κ1) is 18.6. The van der Waals surface area contributed by atoms with Crippen LogP contribution in [-0.4, -0.2) is 41.4 Å². The molecule has 3 rings (SSSR count). The Hall–Kier alpha value is -3.15. The summed E-state index contributed by atoms with van der Waals surface area (Å²) in [4.78, 5) is 36.6. The molecular formula is C21H22N2O4. The molecule has 6 nitrogen and oxygen atoms in total. The number of amides is 2. The van der Waals surface area contributed by atoms with Crippen LogP contribution in [-0.2, 0) is 16.1 Å². The van der Waals surface area contributed by atoms with Gasteiger partial charge in [-0.15, -0.1) is 0 Å². The predicted octanol–water partition coefficient (Wildman–Crippen LogP) is 2.54. The number of carboxylic acid groups (broad SMARTS) is 1. The van der Waals surface area contributed by atoms with Crippen LogP contribution in [0.4, 0.5) is 0 Å². The number of nitrogens with one attached hydrogen (secondary N) is 1. The molecule has 1 aliphatic heterocycles. The van der Waals surface area contributed by atoms with Crippen LogP contribution in [0.2, 0.25) is 0 Å². The van der Waals surface area contributed by atoms with Gasteiger partial charge in [-0.05, 0) is 35.2 Å². The minimum atomic E-state index is -0.945. The molecule has 2 aromatic carbocycles. The van der Waals surface area contributed by atoms with E-state index in [2.05, 4.69) is 5.32 Å². The maximum absolute atomic E-state index is 12.3. The Kier molecular flexibility index (Phi) is 5.54. The molecule has 27 heavy (non-hydrogen) atoms. The van der Waals surface area contributed by atoms with Crippen molar-refractivity contribution in [1.82, 2.24) is 10.2 Å². The van der Waals surface area contributed by atoms with Crippen molar-refractivity contribution in [2.75, 3.05) is 13.6 Å². The molecule has 1 unspecified atom stereocenters. The summed E-state index contributed by atoms with van der Waals surface area (Å²) in [6.07, 6.45) is 0.965. The van der Waals surface area contributed by atoms with Crippen LogP contribution in [0.3, 0.4) is 0 Å². The van der Waals surface area contributed by atoms with E-state index in [-0.39, 0.29) is 29.7 Å². The summed E-state index contributed by atoms with van der Waals surface area (Å²) < 4.78 is 0. The molecule has 2 N–H and O–H groups in total. The van der Waals surface area contributed by atoms with E-state index in [4.69, 9.17) is 5.11 Å². The van der Waals surface area contributed by atoms with Crippen molar-refractivity contribution in [3.05, 3.63) is 59.7 Å². The molecule has 6 heteroatoms. The summed E-state index contributed by atoms with van der Waals surface area (Å²) >= 11 is 0. The first-order valence-corrected chi connectivity index (χ1v) is 8.88. The quantitative estimate of drug-likeness (QED) is 0.851. The number of benzene rings is 2. The molecule has 0 aliphatic carbocycles. The highest BCUT2D eigenvalue weighted by molar-refractivity contribution is 5.88. The number of hydrogen-bond donors (Lipinski definition) is 2. The summed E-state index contributed by atoms with van der Waals surface area (Å²) in [5.74, 6) is -1.26. The van der Waals surface area contributed by atoms with Crippen molar-refractivity contribution < 1.29 is 19.5 Å². The molecule has 0 saturated carbocycles. The van der Waals surface area contributed by atoms with Gasteiger partial charge < -0.3 is 15.3 Å². The molecule has 1 saturated heterocycles. The molecule has 0 radical (unpaired) electrons. The average molecular weight is 366 g/mol. The van der Waals surface area contributed by atoms with E-state index in [1.807, 2.05) is 24.3 Å². The lowest BCUT2D eigenvalue weighted by molar-refractivity contribution is -0.139. The first-order valence-electron chi connectivity index (χ1n) is 8.88. The van der Waals surface area contributed by atoms with E-state index in [1.165, 1.54) is 0 Å². The number of carbonyl (C=O) groups is 3. The number of carboxylic acids is 1. The summed E-state index contributed by atoms with van der Waals surface area (Å²) in [5, 5.41) is 11.9. The van der Waals surface area contributed by atoms with E-state index in [0.717, 1.165) is 16.7 Å². The zero-order valence-corrected chi connectivity index (χ0v) is 15.1. The molecule has 0 spiro atoms. The predicted molar refractivity (Wildman–Crippen MR) is 101 cm³/mol. The van der Waals surface area contributed by atoms with Crippen LogP contribution in [0.5, 0.6) is 0 Å². The third-order valence-corrected chi connectivity index (χ3v) is 4.92. The Labute approximate surface area is 157 Å². The summed E-state index contributed by atoms with van der Waals surface area (Å²) in [6, 6.07) is 14.5. The fraction of sp³-hybridized carbons (Fsp3) is 0.286. The van der Waals surface area contributed by atoms with Crippen molar-refractivity contribution in [3.63, 3.8) is 0 Å². The molecule has 0 aromatic heterocycles.